The fourth-order valence-electron chi connectivity index (χ4n) is 3.46. The first-order chi connectivity index (χ1) is 14.5. The number of ether oxygens (including phenoxy) is 1. The molecule has 0 bridgehead atoms. The topological polar surface area (TPSA) is 85.2 Å². The molecule has 2 heterocycles. The van der Waals surface area contributed by atoms with Crippen molar-refractivity contribution in [3.63, 3.8) is 0 Å². The van der Waals surface area contributed by atoms with Crippen molar-refractivity contribution in [2.75, 3.05) is 17.7 Å². The summed E-state index contributed by atoms with van der Waals surface area (Å²) >= 11 is 6.13. The Morgan fingerprint density at radius 2 is 2.10 bits per heavy atom. The first-order valence-corrected chi connectivity index (χ1v) is 9.56. The molecule has 0 saturated carbocycles. The molecule has 1 aliphatic heterocycles. The standard InChI is InChI=1S/C21H18ClFN4O3/c1-30-11-16-19(12-4-2-5-13(22)8-12)20-25-21(29)17(27(20)26-16)10-18(28)24-15-7-3-6-14(23)9-15/h2-9,17H,10-11H2,1H3,(H,24,28)(H,25,29). The van der Waals surface area contributed by atoms with E-state index in [9.17, 15) is 14.0 Å². The molecule has 7 nitrogen and oxygen atoms in total. The number of hydrogen-bond donors (Lipinski definition) is 2. The molecular weight excluding hydrogens is 411 g/mol. The number of nitrogens with one attached hydrogen (secondary N) is 2. The van der Waals surface area contributed by atoms with Gasteiger partial charge in [0.1, 0.15) is 17.7 Å². The van der Waals surface area contributed by atoms with Gasteiger partial charge in [-0.2, -0.15) is 5.10 Å². The largest absolute Gasteiger partial charge is 0.378 e. The lowest BCUT2D eigenvalue weighted by molar-refractivity contribution is -0.123. The third kappa shape index (κ3) is 3.92. The zero-order valence-corrected chi connectivity index (χ0v) is 16.7. The number of methoxy groups -OCH3 is 1. The lowest BCUT2D eigenvalue weighted by atomic mass is 10.1. The number of hydrogen-bond acceptors (Lipinski definition) is 4. The minimum absolute atomic E-state index is 0.154. The van der Waals surface area contributed by atoms with E-state index >= 15 is 0 Å². The first-order valence-electron chi connectivity index (χ1n) is 9.19. The van der Waals surface area contributed by atoms with Crippen LogP contribution >= 0.6 is 11.6 Å². The summed E-state index contributed by atoms with van der Waals surface area (Å²) in [7, 11) is 1.55. The van der Waals surface area contributed by atoms with E-state index in [1.165, 1.54) is 22.9 Å². The van der Waals surface area contributed by atoms with Crippen molar-refractivity contribution in [3.05, 3.63) is 65.1 Å². The van der Waals surface area contributed by atoms with Crippen molar-refractivity contribution in [1.29, 1.82) is 0 Å². The summed E-state index contributed by atoms with van der Waals surface area (Å²) in [4.78, 5) is 25.1. The molecule has 0 aliphatic carbocycles. The Morgan fingerprint density at radius 1 is 1.30 bits per heavy atom. The number of halogens is 2. The Kier molecular flexibility index (Phi) is 5.52. The molecule has 0 fully saturated rings. The second-order valence-corrected chi connectivity index (χ2v) is 7.26. The molecular formula is C21H18ClFN4O3. The van der Waals surface area contributed by atoms with Crippen LogP contribution in [0.4, 0.5) is 15.9 Å². The van der Waals surface area contributed by atoms with Crippen LogP contribution in [-0.2, 0) is 20.9 Å². The van der Waals surface area contributed by atoms with Crippen LogP contribution in [0.1, 0.15) is 18.2 Å². The molecule has 0 saturated heterocycles. The molecule has 30 heavy (non-hydrogen) atoms. The van der Waals surface area contributed by atoms with Crippen molar-refractivity contribution in [1.82, 2.24) is 9.78 Å². The number of benzene rings is 2. The van der Waals surface area contributed by atoms with Gasteiger partial charge in [0, 0.05) is 23.4 Å². The van der Waals surface area contributed by atoms with Crippen LogP contribution < -0.4 is 10.6 Å². The Labute approximate surface area is 176 Å². The average Bonchev–Trinajstić information content (AvgIpc) is 3.17. The fraction of sp³-hybridized carbons (Fsp3) is 0.190. The monoisotopic (exact) mass is 428 g/mol. The highest BCUT2D eigenvalue weighted by atomic mass is 35.5. The second kappa shape index (κ2) is 8.25. The van der Waals surface area contributed by atoms with Gasteiger partial charge in [0.2, 0.25) is 5.91 Å². The number of nitrogens with zero attached hydrogens (tertiary/aromatic N) is 2. The number of carbonyl (C=O) groups excluding carboxylic acids is 2. The summed E-state index contributed by atoms with van der Waals surface area (Å²) < 4.78 is 20.1. The SMILES string of the molecule is COCc1nn2c(c1-c1cccc(Cl)c1)NC(=O)C2CC(=O)Nc1cccc(F)c1. The van der Waals surface area contributed by atoms with Crippen molar-refractivity contribution in [2.24, 2.45) is 0 Å². The van der Waals surface area contributed by atoms with Gasteiger partial charge < -0.3 is 15.4 Å². The Hall–Kier alpha value is -3.23. The summed E-state index contributed by atoms with van der Waals surface area (Å²) in [5, 5.41) is 10.5. The van der Waals surface area contributed by atoms with Crippen LogP contribution in [0.25, 0.3) is 11.1 Å². The van der Waals surface area contributed by atoms with E-state index in [2.05, 4.69) is 15.7 Å². The number of carbonyl (C=O) groups is 2. The van der Waals surface area contributed by atoms with Crippen molar-refractivity contribution in [3.8, 4) is 11.1 Å². The molecule has 1 aromatic heterocycles. The summed E-state index contributed by atoms with van der Waals surface area (Å²) in [6, 6.07) is 11.9. The third-order valence-electron chi connectivity index (χ3n) is 4.70. The minimum atomic E-state index is -0.836. The molecule has 154 valence electrons. The fourth-order valence-corrected chi connectivity index (χ4v) is 3.65. The maximum Gasteiger partial charge on any atom is 0.251 e. The maximum absolute atomic E-state index is 13.3. The van der Waals surface area contributed by atoms with E-state index < -0.39 is 17.8 Å². The van der Waals surface area contributed by atoms with Gasteiger partial charge in [0.15, 0.2) is 0 Å². The molecule has 1 unspecified atom stereocenters. The number of amides is 2. The lowest BCUT2D eigenvalue weighted by Gasteiger charge is -2.10. The lowest BCUT2D eigenvalue weighted by Crippen LogP contribution is -2.24. The van der Waals surface area contributed by atoms with Crippen LogP contribution in [0, 0.1) is 5.82 Å². The Morgan fingerprint density at radius 3 is 2.83 bits per heavy atom. The zero-order valence-electron chi connectivity index (χ0n) is 16.0. The van der Waals surface area contributed by atoms with E-state index in [-0.39, 0.29) is 18.9 Å². The summed E-state index contributed by atoms with van der Waals surface area (Å²) in [6.07, 6.45) is -0.154. The van der Waals surface area contributed by atoms with Gasteiger partial charge in [-0.3, -0.25) is 9.59 Å². The van der Waals surface area contributed by atoms with Gasteiger partial charge in [0.05, 0.1) is 18.7 Å². The van der Waals surface area contributed by atoms with Crippen LogP contribution in [0.3, 0.4) is 0 Å². The molecule has 0 radical (unpaired) electrons. The van der Waals surface area contributed by atoms with E-state index in [1.807, 2.05) is 6.07 Å². The highest BCUT2D eigenvalue weighted by Crippen LogP contribution is 2.39. The van der Waals surface area contributed by atoms with Gasteiger partial charge in [-0.25, -0.2) is 9.07 Å². The minimum Gasteiger partial charge on any atom is -0.378 e. The Balaban J connectivity index is 1.63. The molecule has 3 aromatic rings. The van der Waals surface area contributed by atoms with Gasteiger partial charge in [-0.15, -0.1) is 0 Å². The third-order valence-corrected chi connectivity index (χ3v) is 4.94. The highest BCUT2D eigenvalue weighted by Gasteiger charge is 2.37. The number of anilines is 2. The van der Waals surface area contributed by atoms with Gasteiger partial charge in [-0.05, 0) is 35.9 Å². The zero-order chi connectivity index (χ0) is 21.3. The second-order valence-electron chi connectivity index (χ2n) is 6.83. The van der Waals surface area contributed by atoms with Crippen LogP contribution in [0.15, 0.2) is 48.5 Å². The van der Waals surface area contributed by atoms with Gasteiger partial charge >= 0.3 is 0 Å². The van der Waals surface area contributed by atoms with Gasteiger partial charge in [0.25, 0.3) is 5.91 Å². The maximum atomic E-state index is 13.3. The number of fused-ring (bicyclic) bond motifs is 1. The summed E-state index contributed by atoms with van der Waals surface area (Å²) in [5.74, 6) is -0.755. The normalized spacial score (nSPS) is 15.0. The average molecular weight is 429 g/mol. The molecule has 1 aliphatic rings. The van der Waals surface area contributed by atoms with Crippen molar-refractivity contribution < 1.29 is 18.7 Å². The predicted octanol–water partition coefficient (Wildman–Crippen LogP) is 4.01. The molecule has 1 atom stereocenters. The molecule has 9 heteroatoms. The van der Waals surface area contributed by atoms with E-state index in [4.69, 9.17) is 16.3 Å². The Bertz CT molecular complexity index is 1130. The van der Waals surface area contributed by atoms with E-state index in [1.54, 1.807) is 31.4 Å². The summed E-state index contributed by atoms with van der Waals surface area (Å²) in [6.45, 7) is 0.222. The first kappa shape index (κ1) is 20.1. The number of aromatic nitrogens is 2. The van der Waals surface area contributed by atoms with Crippen molar-refractivity contribution >= 4 is 34.9 Å². The van der Waals surface area contributed by atoms with E-state index in [0.717, 1.165) is 5.56 Å². The van der Waals surface area contributed by atoms with Crippen molar-refractivity contribution in [2.45, 2.75) is 19.1 Å². The molecule has 4 rings (SSSR count). The molecule has 2 N–H and O–H groups in total. The number of rotatable bonds is 6. The van der Waals surface area contributed by atoms with Gasteiger partial charge in [-0.1, -0.05) is 29.8 Å². The van der Waals surface area contributed by atoms with Crippen LogP contribution in [-0.4, -0.2) is 28.7 Å². The van der Waals surface area contributed by atoms with Crippen LogP contribution in [0.5, 0.6) is 0 Å². The quantitative estimate of drug-likeness (QED) is 0.621. The summed E-state index contributed by atoms with van der Waals surface area (Å²) in [5.41, 5.74) is 2.41. The smallest absolute Gasteiger partial charge is 0.251 e. The van der Waals surface area contributed by atoms with Crippen LogP contribution in [0.2, 0.25) is 5.02 Å². The molecule has 0 spiro atoms. The predicted molar refractivity (Wildman–Crippen MR) is 111 cm³/mol. The molecule has 2 amide bonds. The highest BCUT2D eigenvalue weighted by molar-refractivity contribution is 6.30. The molecule has 2 aromatic carbocycles. The van der Waals surface area contributed by atoms with E-state index in [0.29, 0.717) is 27.8 Å².